The number of anilines is 2. The molecule has 0 unspecified atom stereocenters. The summed E-state index contributed by atoms with van der Waals surface area (Å²) in [5.74, 6) is 0.684. The lowest BCUT2D eigenvalue weighted by Gasteiger charge is -2.16. The normalized spacial score (nSPS) is 14.6. The van der Waals surface area contributed by atoms with Gasteiger partial charge in [-0.3, -0.25) is 0 Å². The number of benzene rings is 2. The molecular formula is C19H21N3O. The predicted molar refractivity (Wildman–Crippen MR) is 95.2 cm³/mol. The molecule has 1 aliphatic rings. The fourth-order valence-electron chi connectivity index (χ4n) is 3.11. The van der Waals surface area contributed by atoms with Gasteiger partial charge in [-0.1, -0.05) is 0 Å². The van der Waals surface area contributed by atoms with E-state index in [-0.39, 0.29) is 0 Å². The Bertz CT molecular complexity index is 814. The first kappa shape index (κ1) is 14.1. The summed E-state index contributed by atoms with van der Waals surface area (Å²) in [7, 11) is 4.07. The van der Waals surface area contributed by atoms with E-state index in [2.05, 4.69) is 51.2 Å². The lowest BCUT2D eigenvalue weighted by molar-refractivity contribution is 0.620. The molecular weight excluding hydrogens is 286 g/mol. The molecule has 1 aromatic heterocycles. The Labute approximate surface area is 136 Å². The van der Waals surface area contributed by atoms with Crippen molar-refractivity contribution in [1.29, 1.82) is 0 Å². The first-order chi connectivity index (χ1) is 11.2. The second-order valence-electron chi connectivity index (χ2n) is 6.31. The summed E-state index contributed by atoms with van der Waals surface area (Å²) in [5.41, 5.74) is 5.20. The summed E-state index contributed by atoms with van der Waals surface area (Å²) in [6, 6.07) is 14.6. The van der Waals surface area contributed by atoms with Crippen molar-refractivity contribution >= 4 is 22.5 Å². The van der Waals surface area contributed by atoms with Crippen LogP contribution >= 0.6 is 0 Å². The molecule has 4 heteroatoms. The summed E-state index contributed by atoms with van der Waals surface area (Å²) in [6.07, 6.45) is 2.56. The maximum absolute atomic E-state index is 5.93. The Morgan fingerprint density at radius 2 is 1.74 bits per heavy atom. The lowest BCUT2D eigenvalue weighted by Crippen LogP contribution is -2.17. The fourth-order valence-corrected chi connectivity index (χ4v) is 3.11. The molecule has 4 nitrogen and oxygen atoms in total. The molecule has 0 bridgehead atoms. The van der Waals surface area contributed by atoms with Crippen LogP contribution in [0.3, 0.4) is 0 Å². The molecule has 0 N–H and O–H groups in total. The van der Waals surface area contributed by atoms with Gasteiger partial charge in [-0.2, -0.15) is 0 Å². The number of aromatic nitrogens is 1. The van der Waals surface area contributed by atoms with E-state index in [1.165, 1.54) is 24.2 Å². The van der Waals surface area contributed by atoms with Crippen molar-refractivity contribution in [2.75, 3.05) is 37.0 Å². The maximum atomic E-state index is 5.93. The van der Waals surface area contributed by atoms with Gasteiger partial charge in [-0.15, -0.1) is 0 Å². The highest BCUT2D eigenvalue weighted by Gasteiger charge is 2.15. The van der Waals surface area contributed by atoms with Gasteiger partial charge < -0.3 is 14.2 Å². The van der Waals surface area contributed by atoms with Gasteiger partial charge in [0.25, 0.3) is 0 Å². The topological polar surface area (TPSA) is 32.5 Å². The Kier molecular flexibility index (Phi) is 3.45. The second-order valence-corrected chi connectivity index (χ2v) is 6.31. The molecule has 118 valence electrons. The summed E-state index contributed by atoms with van der Waals surface area (Å²) in [6.45, 7) is 2.28. The Morgan fingerprint density at radius 3 is 2.43 bits per heavy atom. The molecule has 2 aromatic carbocycles. The fraction of sp³-hybridized carbons (Fsp3) is 0.316. The zero-order valence-electron chi connectivity index (χ0n) is 13.6. The van der Waals surface area contributed by atoms with Crippen molar-refractivity contribution < 1.29 is 4.42 Å². The van der Waals surface area contributed by atoms with Crippen molar-refractivity contribution in [3.63, 3.8) is 0 Å². The van der Waals surface area contributed by atoms with Crippen molar-refractivity contribution in [2.24, 2.45) is 0 Å². The van der Waals surface area contributed by atoms with Crippen molar-refractivity contribution in [2.45, 2.75) is 12.8 Å². The maximum Gasteiger partial charge on any atom is 0.227 e. The van der Waals surface area contributed by atoms with Gasteiger partial charge in [0.2, 0.25) is 5.89 Å². The van der Waals surface area contributed by atoms with Gasteiger partial charge >= 0.3 is 0 Å². The number of hydrogen-bond acceptors (Lipinski definition) is 4. The summed E-state index contributed by atoms with van der Waals surface area (Å²) in [5, 5.41) is 0. The van der Waals surface area contributed by atoms with Gasteiger partial charge in [0.05, 0.1) is 0 Å². The molecule has 1 saturated heterocycles. The van der Waals surface area contributed by atoms with Gasteiger partial charge in [0.1, 0.15) is 5.52 Å². The van der Waals surface area contributed by atoms with E-state index >= 15 is 0 Å². The summed E-state index contributed by atoms with van der Waals surface area (Å²) >= 11 is 0. The van der Waals surface area contributed by atoms with Crippen LogP contribution in [0.15, 0.2) is 46.9 Å². The standard InChI is InChI=1S/C19H21N3O/c1-21(2)15-7-5-14(6-8-15)19-20-17-13-16(9-10-18(17)23-19)22-11-3-4-12-22/h5-10,13H,3-4,11-12H2,1-2H3. The molecule has 4 rings (SSSR count). The molecule has 1 aliphatic heterocycles. The zero-order chi connectivity index (χ0) is 15.8. The third-order valence-corrected chi connectivity index (χ3v) is 4.47. The highest BCUT2D eigenvalue weighted by molar-refractivity contribution is 5.80. The smallest absolute Gasteiger partial charge is 0.227 e. The predicted octanol–water partition coefficient (Wildman–Crippen LogP) is 4.16. The van der Waals surface area contributed by atoms with Crippen molar-refractivity contribution in [3.8, 4) is 11.5 Å². The van der Waals surface area contributed by atoms with Gasteiger partial charge in [0, 0.05) is 44.1 Å². The number of fused-ring (bicyclic) bond motifs is 1. The van der Waals surface area contributed by atoms with Crippen LogP contribution in [-0.4, -0.2) is 32.2 Å². The average molecular weight is 307 g/mol. The average Bonchev–Trinajstić information content (AvgIpc) is 3.23. The molecule has 0 saturated carbocycles. The van der Waals surface area contributed by atoms with E-state index in [1.807, 2.05) is 20.2 Å². The minimum atomic E-state index is 0.684. The van der Waals surface area contributed by atoms with Crippen LogP contribution < -0.4 is 9.80 Å². The Hall–Kier alpha value is -2.49. The third-order valence-electron chi connectivity index (χ3n) is 4.47. The van der Waals surface area contributed by atoms with Crippen LogP contribution in [0.2, 0.25) is 0 Å². The quantitative estimate of drug-likeness (QED) is 0.727. The van der Waals surface area contributed by atoms with E-state index in [9.17, 15) is 0 Å². The molecule has 0 radical (unpaired) electrons. The lowest BCUT2D eigenvalue weighted by atomic mass is 10.2. The highest BCUT2D eigenvalue weighted by atomic mass is 16.3. The number of oxazole rings is 1. The molecule has 0 aliphatic carbocycles. The largest absolute Gasteiger partial charge is 0.436 e. The van der Waals surface area contributed by atoms with Crippen LogP contribution in [0.4, 0.5) is 11.4 Å². The van der Waals surface area contributed by atoms with Crippen LogP contribution in [-0.2, 0) is 0 Å². The minimum absolute atomic E-state index is 0.684. The van der Waals surface area contributed by atoms with E-state index in [0.717, 1.165) is 29.8 Å². The van der Waals surface area contributed by atoms with E-state index in [4.69, 9.17) is 4.42 Å². The monoisotopic (exact) mass is 307 g/mol. The molecule has 3 aromatic rings. The summed E-state index contributed by atoms with van der Waals surface area (Å²) < 4.78 is 5.93. The van der Waals surface area contributed by atoms with Gasteiger partial charge in [-0.05, 0) is 55.3 Å². The van der Waals surface area contributed by atoms with E-state index in [0.29, 0.717) is 5.89 Å². The molecule has 0 amide bonds. The van der Waals surface area contributed by atoms with E-state index in [1.54, 1.807) is 0 Å². The Balaban J connectivity index is 1.67. The van der Waals surface area contributed by atoms with Gasteiger partial charge in [0.15, 0.2) is 5.58 Å². The second kappa shape index (κ2) is 5.61. The first-order valence-corrected chi connectivity index (χ1v) is 8.14. The number of nitrogens with zero attached hydrogens (tertiary/aromatic N) is 3. The number of hydrogen-bond donors (Lipinski definition) is 0. The SMILES string of the molecule is CN(C)c1ccc(-c2nc3cc(N4CCCC4)ccc3o2)cc1. The van der Waals surface area contributed by atoms with Crippen LogP contribution in [0.5, 0.6) is 0 Å². The Morgan fingerprint density at radius 1 is 1.00 bits per heavy atom. The zero-order valence-corrected chi connectivity index (χ0v) is 13.6. The highest BCUT2D eigenvalue weighted by Crippen LogP contribution is 2.29. The van der Waals surface area contributed by atoms with Crippen LogP contribution in [0.25, 0.3) is 22.6 Å². The first-order valence-electron chi connectivity index (χ1n) is 8.14. The van der Waals surface area contributed by atoms with Gasteiger partial charge in [-0.25, -0.2) is 4.98 Å². The van der Waals surface area contributed by atoms with Crippen molar-refractivity contribution in [1.82, 2.24) is 4.98 Å². The van der Waals surface area contributed by atoms with Crippen LogP contribution in [0.1, 0.15) is 12.8 Å². The van der Waals surface area contributed by atoms with E-state index < -0.39 is 0 Å². The third kappa shape index (κ3) is 2.65. The molecule has 2 heterocycles. The minimum Gasteiger partial charge on any atom is -0.436 e. The molecule has 0 atom stereocenters. The number of rotatable bonds is 3. The molecule has 23 heavy (non-hydrogen) atoms. The summed E-state index contributed by atoms with van der Waals surface area (Å²) in [4.78, 5) is 9.18. The van der Waals surface area contributed by atoms with Crippen LogP contribution in [0, 0.1) is 0 Å². The molecule has 0 spiro atoms. The molecule has 1 fully saturated rings. The van der Waals surface area contributed by atoms with Crippen molar-refractivity contribution in [3.05, 3.63) is 42.5 Å².